The predicted molar refractivity (Wildman–Crippen MR) is 60.0 cm³/mol. The molecule has 82 valence electrons. The van der Waals surface area contributed by atoms with Crippen molar-refractivity contribution >= 4 is 12.1 Å². The number of rotatable bonds is 0. The normalized spacial score (nSPS) is 19.9. The lowest BCUT2D eigenvalue weighted by molar-refractivity contribution is -0.0159. The number of likely N-dealkylation sites (tertiary alicyclic amines) is 1. The first-order valence-electron chi connectivity index (χ1n) is 5.20. The lowest BCUT2D eigenvalue weighted by Gasteiger charge is -2.48. The molecule has 0 bridgehead atoms. The number of amides is 2. The van der Waals surface area contributed by atoms with E-state index in [0.29, 0.717) is 13.1 Å². The molecule has 2 amide bonds. The molecular weight excluding hydrogens is 204 g/mol. The number of primary amides is 1. The van der Waals surface area contributed by atoms with Crippen LogP contribution >= 0.6 is 0 Å². The smallest absolute Gasteiger partial charge is 0.315 e. The summed E-state index contributed by atoms with van der Waals surface area (Å²) >= 11 is 0. The van der Waals surface area contributed by atoms with Crippen molar-refractivity contribution in [2.75, 3.05) is 13.1 Å². The fourth-order valence-electron chi connectivity index (χ4n) is 2.13. The number of carbonyl (C=O) groups excluding carboxylic acids is 1. The number of hydrogen-bond donors (Lipinski definition) is 1. The van der Waals surface area contributed by atoms with Crippen LogP contribution in [0.5, 0.6) is 5.75 Å². The van der Waals surface area contributed by atoms with Crippen molar-refractivity contribution in [2.24, 2.45) is 5.73 Å². The van der Waals surface area contributed by atoms with Crippen molar-refractivity contribution in [1.82, 2.24) is 4.90 Å². The zero-order valence-electron chi connectivity index (χ0n) is 8.72. The minimum Gasteiger partial charge on any atom is -0.479 e. The number of nitrogens with two attached hydrogens (primary N) is 1. The van der Waals surface area contributed by atoms with Crippen LogP contribution in [0.15, 0.2) is 30.3 Å². The van der Waals surface area contributed by atoms with Crippen molar-refractivity contribution in [3.8, 4) is 5.75 Å². The molecule has 2 aliphatic rings. The maximum atomic E-state index is 10.9. The highest BCUT2D eigenvalue weighted by molar-refractivity contribution is 5.74. The summed E-state index contributed by atoms with van der Waals surface area (Å²) in [6.45, 7) is 1.07. The van der Waals surface area contributed by atoms with Crippen molar-refractivity contribution < 1.29 is 9.53 Å². The highest BCUT2D eigenvalue weighted by Gasteiger charge is 2.46. The van der Waals surface area contributed by atoms with Gasteiger partial charge in [0.15, 0.2) is 5.60 Å². The molecular formula is C12H12N2O2. The summed E-state index contributed by atoms with van der Waals surface area (Å²) < 4.78 is 5.90. The zero-order valence-corrected chi connectivity index (χ0v) is 8.72. The van der Waals surface area contributed by atoms with Crippen LogP contribution in [0.1, 0.15) is 5.56 Å². The van der Waals surface area contributed by atoms with Gasteiger partial charge in [-0.2, -0.15) is 0 Å². The minimum atomic E-state index is -0.388. The Morgan fingerprint density at radius 1 is 1.38 bits per heavy atom. The number of nitrogens with zero attached hydrogens (tertiary/aromatic N) is 1. The van der Waals surface area contributed by atoms with Gasteiger partial charge in [-0.15, -0.1) is 0 Å². The third kappa shape index (κ3) is 1.26. The summed E-state index contributed by atoms with van der Waals surface area (Å²) in [6.07, 6.45) is 4.05. The largest absolute Gasteiger partial charge is 0.479 e. The lowest BCUT2D eigenvalue weighted by Crippen LogP contribution is -2.66. The molecule has 0 saturated carbocycles. The molecule has 4 heteroatoms. The first-order chi connectivity index (χ1) is 7.69. The number of fused-ring (bicyclic) bond motifs is 1. The van der Waals surface area contributed by atoms with Gasteiger partial charge in [0.2, 0.25) is 0 Å². The van der Waals surface area contributed by atoms with E-state index in [-0.39, 0.29) is 11.6 Å². The SMILES string of the molecule is NC(=O)N1CC2(C=Cc3ccccc3O2)C1. The Labute approximate surface area is 93.3 Å². The Morgan fingerprint density at radius 3 is 2.88 bits per heavy atom. The lowest BCUT2D eigenvalue weighted by atomic mass is 9.90. The second-order valence-electron chi connectivity index (χ2n) is 4.23. The number of para-hydroxylation sites is 1. The maximum Gasteiger partial charge on any atom is 0.315 e. The molecule has 2 N–H and O–H groups in total. The van der Waals surface area contributed by atoms with Crippen LogP contribution in [0.3, 0.4) is 0 Å². The Kier molecular flexibility index (Phi) is 1.74. The molecule has 1 aromatic carbocycles. The topological polar surface area (TPSA) is 55.6 Å². The van der Waals surface area contributed by atoms with Gasteiger partial charge >= 0.3 is 6.03 Å². The van der Waals surface area contributed by atoms with E-state index >= 15 is 0 Å². The average molecular weight is 216 g/mol. The molecule has 1 spiro atoms. The molecule has 1 aromatic rings. The fourth-order valence-corrected chi connectivity index (χ4v) is 2.13. The zero-order chi connectivity index (χ0) is 11.2. The Hall–Kier alpha value is -1.97. The van der Waals surface area contributed by atoms with E-state index in [1.165, 1.54) is 0 Å². The minimum absolute atomic E-state index is 0.358. The van der Waals surface area contributed by atoms with E-state index in [2.05, 4.69) is 0 Å². The predicted octanol–water partition coefficient (Wildman–Crippen LogP) is 1.23. The second-order valence-corrected chi connectivity index (χ2v) is 4.23. The van der Waals surface area contributed by atoms with Gasteiger partial charge < -0.3 is 15.4 Å². The molecule has 2 aliphatic heterocycles. The number of benzene rings is 1. The Balaban J connectivity index is 1.83. The van der Waals surface area contributed by atoms with E-state index in [4.69, 9.17) is 10.5 Å². The molecule has 2 heterocycles. The first-order valence-corrected chi connectivity index (χ1v) is 5.20. The molecule has 1 saturated heterocycles. The van der Waals surface area contributed by atoms with Gasteiger partial charge in [-0.3, -0.25) is 0 Å². The highest BCUT2D eigenvalue weighted by Crippen LogP contribution is 2.35. The first kappa shape index (κ1) is 9.27. The molecule has 3 rings (SSSR count). The van der Waals surface area contributed by atoms with Gasteiger partial charge in [0.25, 0.3) is 0 Å². The number of hydrogen-bond acceptors (Lipinski definition) is 2. The van der Waals surface area contributed by atoms with Crippen LogP contribution in [0.2, 0.25) is 0 Å². The number of urea groups is 1. The molecule has 4 nitrogen and oxygen atoms in total. The van der Waals surface area contributed by atoms with E-state index in [1.54, 1.807) is 4.90 Å². The summed E-state index contributed by atoms with van der Waals surface area (Å²) in [6, 6.07) is 7.47. The van der Waals surface area contributed by atoms with E-state index in [9.17, 15) is 4.79 Å². The molecule has 1 fully saturated rings. The van der Waals surface area contributed by atoms with E-state index < -0.39 is 0 Å². The van der Waals surface area contributed by atoms with E-state index in [0.717, 1.165) is 11.3 Å². The Morgan fingerprint density at radius 2 is 2.12 bits per heavy atom. The molecule has 16 heavy (non-hydrogen) atoms. The molecule has 0 atom stereocenters. The number of carbonyl (C=O) groups is 1. The highest BCUT2D eigenvalue weighted by atomic mass is 16.5. The standard InChI is InChI=1S/C12H12N2O2/c13-11(15)14-7-12(8-14)6-5-9-3-1-2-4-10(9)16-12/h1-6H,7-8H2,(H2,13,15). The van der Waals surface area contributed by atoms with Gasteiger partial charge in [0.1, 0.15) is 5.75 Å². The molecule has 0 aliphatic carbocycles. The summed E-state index contributed by atoms with van der Waals surface area (Å²) in [7, 11) is 0. The average Bonchev–Trinajstić information content (AvgIpc) is 2.25. The summed E-state index contributed by atoms with van der Waals surface area (Å²) in [5, 5.41) is 0. The maximum absolute atomic E-state index is 10.9. The van der Waals surface area contributed by atoms with E-state index in [1.807, 2.05) is 36.4 Å². The van der Waals surface area contributed by atoms with Gasteiger partial charge in [-0.05, 0) is 12.1 Å². The third-order valence-corrected chi connectivity index (χ3v) is 3.03. The van der Waals surface area contributed by atoms with Crippen molar-refractivity contribution in [3.05, 3.63) is 35.9 Å². The number of ether oxygens (including phenoxy) is 1. The van der Waals surface area contributed by atoms with Gasteiger partial charge in [-0.25, -0.2) is 4.79 Å². The van der Waals surface area contributed by atoms with Crippen LogP contribution < -0.4 is 10.5 Å². The summed E-state index contributed by atoms with van der Waals surface area (Å²) in [4.78, 5) is 12.5. The van der Waals surface area contributed by atoms with Gasteiger partial charge in [-0.1, -0.05) is 24.3 Å². The van der Waals surface area contributed by atoms with Crippen LogP contribution in [0.25, 0.3) is 6.08 Å². The van der Waals surface area contributed by atoms with Crippen LogP contribution in [-0.2, 0) is 0 Å². The van der Waals surface area contributed by atoms with Gasteiger partial charge in [0, 0.05) is 5.56 Å². The quantitative estimate of drug-likeness (QED) is 0.709. The Bertz CT molecular complexity index is 476. The fraction of sp³-hybridized carbons (Fsp3) is 0.250. The summed E-state index contributed by atoms with van der Waals surface area (Å²) in [5.41, 5.74) is 5.91. The summed E-state index contributed by atoms with van der Waals surface area (Å²) in [5.74, 6) is 0.870. The van der Waals surface area contributed by atoms with Crippen molar-refractivity contribution in [3.63, 3.8) is 0 Å². The van der Waals surface area contributed by atoms with Crippen LogP contribution in [0, 0.1) is 0 Å². The second kappa shape index (κ2) is 3.01. The molecule has 0 unspecified atom stereocenters. The van der Waals surface area contributed by atoms with Crippen LogP contribution in [-0.4, -0.2) is 29.6 Å². The third-order valence-electron chi connectivity index (χ3n) is 3.03. The molecule has 0 aromatic heterocycles. The van der Waals surface area contributed by atoms with Gasteiger partial charge in [0.05, 0.1) is 13.1 Å². The van der Waals surface area contributed by atoms with Crippen molar-refractivity contribution in [2.45, 2.75) is 5.60 Å². The van der Waals surface area contributed by atoms with Crippen molar-refractivity contribution in [1.29, 1.82) is 0 Å². The molecule has 0 radical (unpaired) electrons. The van der Waals surface area contributed by atoms with Crippen LogP contribution in [0.4, 0.5) is 4.79 Å². The monoisotopic (exact) mass is 216 g/mol.